The Morgan fingerprint density at radius 2 is 1.90 bits per heavy atom. The maximum absolute atomic E-state index is 13.5. The summed E-state index contributed by atoms with van der Waals surface area (Å²) >= 11 is 0. The molecule has 1 aliphatic carbocycles. The molecule has 0 radical (unpaired) electrons. The predicted molar refractivity (Wildman–Crippen MR) is 143 cm³/mol. The number of amides is 1. The van der Waals surface area contributed by atoms with E-state index in [1.165, 1.54) is 21.0 Å². The summed E-state index contributed by atoms with van der Waals surface area (Å²) in [7, 11) is 5.08. The second kappa shape index (κ2) is 10.4. The fraction of sp³-hybridized carbons (Fsp3) is 0.517. The molecule has 1 aromatic carbocycles. The number of carbonyl (C=O) groups excluding carboxylic acids is 3. The zero-order valence-corrected chi connectivity index (χ0v) is 23.5. The third kappa shape index (κ3) is 4.01. The Labute approximate surface area is 233 Å². The van der Waals surface area contributed by atoms with Gasteiger partial charge < -0.3 is 24.6 Å². The van der Waals surface area contributed by atoms with Gasteiger partial charge in [0.25, 0.3) is 0 Å². The zero-order chi connectivity index (χ0) is 29.0. The molecule has 212 valence electrons. The summed E-state index contributed by atoms with van der Waals surface area (Å²) in [5.74, 6) is -0.801. The largest absolute Gasteiger partial charge is 0.504 e. The lowest BCUT2D eigenvalue weighted by atomic mass is 9.69. The number of likely N-dealkylation sites (N-methyl/N-ethyl adjacent to an activating group) is 1. The van der Waals surface area contributed by atoms with Gasteiger partial charge in [0.1, 0.15) is 6.04 Å². The van der Waals surface area contributed by atoms with Crippen molar-refractivity contribution < 1.29 is 33.7 Å². The second-order valence-electron chi connectivity index (χ2n) is 10.8. The van der Waals surface area contributed by atoms with Gasteiger partial charge in [0.05, 0.1) is 25.3 Å². The number of ketones is 2. The zero-order valence-electron chi connectivity index (χ0n) is 23.5. The normalized spacial score (nSPS) is 28.0. The number of methoxy groups -OCH3 is 2. The van der Waals surface area contributed by atoms with Crippen molar-refractivity contribution in [2.24, 2.45) is 0 Å². The molecule has 3 heterocycles. The number of carbonyl (C=O) groups is 3. The highest BCUT2D eigenvalue weighted by Crippen LogP contribution is 2.54. The fourth-order valence-corrected chi connectivity index (χ4v) is 7.05. The van der Waals surface area contributed by atoms with Crippen LogP contribution < -0.4 is 14.8 Å². The van der Waals surface area contributed by atoms with Crippen molar-refractivity contribution in [2.45, 2.75) is 63.8 Å². The van der Waals surface area contributed by atoms with E-state index in [4.69, 9.17) is 14.2 Å². The Morgan fingerprint density at radius 3 is 2.52 bits per heavy atom. The quantitative estimate of drug-likeness (QED) is 0.397. The van der Waals surface area contributed by atoms with E-state index in [0.717, 1.165) is 16.7 Å². The number of aliphatic hydroxyl groups is 1. The molecule has 0 spiro atoms. The number of benzene rings is 1. The first-order valence-electron chi connectivity index (χ1n) is 13.2. The number of piperazine rings is 1. The number of rotatable bonds is 6. The summed E-state index contributed by atoms with van der Waals surface area (Å²) in [5, 5.41) is 23.9. The van der Waals surface area contributed by atoms with Gasteiger partial charge in [-0.05, 0) is 44.9 Å². The molecule has 0 saturated carbocycles. The van der Waals surface area contributed by atoms with Crippen LogP contribution in [0, 0.1) is 18.3 Å². The van der Waals surface area contributed by atoms with Crippen molar-refractivity contribution in [2.75, 3.05) is 34.6 Å². The molecule has 11 nitrogen and oxygen atoms in total. The molecule has 2 N–H and O–H groups in total. The molecule has 1 aromatic rings. The van der Waals surface area contributed by atoms with Gasteiger partial charge in [0, 0.05) is 54.9 Å². The van der Waals surface area contributed by atoms with Gasteiger partial charge in [-0.1, -0.05) is 6.07 Å². The number of hydrogen-bond acceptors (Lipinski definition) is 10. The molecule has 1 amide bonds. The average Bonchev–Trinajstić information content (AvgIpc) is 2.92. The molecule has 5 rings (SSSR count). The van der Waals surface area contributed by atoms with E-state index in [2.05, 4.69) is 22.4 Å². The fourth-order valence-electron chi connectivity index (χ4n) is 7.05. The van der Waals surface area contributed by atoms with Crippen LogP contribution in [-0.4, -0.2) is 91.2 Å². The van der Waals surface area contributed by atoms with E-state index in [1.807, 2.05) is 18.9 Å². The molecule has 2 bridgehead atoms. The van der Waals surface area contributed by atoms with Crippen LogP contribution in [-0.2, 0) is 25.5 Å². The van der Waals surface area contributed by atoms with Crippen LogP contribution >= 0.6 is 0 Å². The van der Waals surface area contributed by atoms with Crippen LogP contribution in [0.3, 0.4) is 0 Å². The van der Waals surface area contributed by atoms with Gasteiger partial charge in [0.2, 0.25) is 11.7 Å². The maximum Gasteiger partial charge on any atom is 0.225 e. The highest BCUT2D eigenvalue weighted by atomic mass is 16.7. The van der Waals surface area contributed by atoms with E-state index in [-0.39, 0.29) is 48.9 Å². The molecule has 1 fully saturated rings. The minimum Gasteiger partial charge on any atom is -0.504 e. The number of hydrogen-bond donors (Lipinski definition) is 2. The molecule has 0 aromatic heterocycles. The lowest BCUT2D eigenvalue weighted by Crippen LogP contribution is -2.71. The molecule has 4 aliphatic rings. The van der Waals surface area contributed by atoms with E-state index < -0.39 is 35.5 Å². The third-order valence-electron chi connectivity index (χ3n) is 8.73. The Kier molecular flexibility index (Phi) is 7.20. The van der Waals surface area contributed by atoms with Gasteiger partial charge in [-0.15, -0.1) is 0 Å². The topological polar surface area (TPSA) is 141 Å². The first-order chi connectivity index (χ1) is 19.1. The number of nitrogens with zero attached hydrogens (tertiary/aromatic N) is 3. The maximum atomic E-state index is 13.5. The summed E-state index contributed by atoms with van der Waals surface area (Å²) < 4.78 is 17.1. The average molecular weight is 551 g/mol. The van der Waals surface area contributed by atoms with Crippen LogP contribution in [0.25, 0.3) is 0 Å². The lowest BCUT2D eigenvalue weighted by Gasteiger charge is -2.60. The number of allylic oxidation sites excluding steroid dienone is 2. The van der Waals surface area contributed by atoms with Crippen molar-refractivity contribution in [1.29, 1.82) is 5.26 Å². The highest BCUT2D eigenvalue weighted by molar-refractivity contribution is 6.24. The molecular weight excluding hydrogens is 516 g/mol. The van der Waals surface area contributed by atoms with Crippen LogP contribution in [0.1, 0.15) is 43.0 Å². The van der Waals surface area contributed by atoms with Gasteiger partial charge in [-0.25, -0.2) is 0 Å². The molecule has 5 atom stereocenters. The molecular formula is C29H34N4O7. The minimum absolute atomic E-state index is 0.000180. The van der Waals surface area contributed by atoms with Crippen molar-refractivity contribution in [3.05, 3.63) is 45.2 Å². The van der Waals surface area contributed by atoms with E-state index in [0.29, 0.717) is 23.5 Å². The SMILES string of the molecule is COCOc1c(OC)c(C)cc2c1C1C3CC4=C(C(=O)C(O)=C(C)C4=O)C(CNC(C)=O)N3[C@@H](C#N)C(C2)N1C. The first kappa shape index (κ1) is 27.8. The van der Waals surface area contributed by atoms with Gasteiger partial charge in [-0.3, -0.25) is 24.2 Å². The second-order valence-corrected chi connectivity index (χ2v) is 10.8. The van der Waals surface area contributed by atoms with E-state index in [9.17, 15) is 24.8 Å². The standard InChI is InChI=1S/C29H34N4O7/c1-13-7-16-8-18-20(10-30)33-19(24(32(18)4)22(16)29(28(13)39-6)40-12-38-5)9-17-23(21(33)11-31-15(3)34)27(37)26(36)14(2)25(17)35/h7,18-21,24,36H,8-9,11-12H2,1-6H3,(H,31,34)/t18?,19?,20-,21?,24?/m0/s1. The highest BCUT2D eigenvalue weighted by Gasteiger charge is 2.57. The van der Waals surface area contributed by atoms with Crippen LogP contribution in [0.4, 0.5) is 0 Å². The van der Waals surface area contributed by atoms with Crippen molar-refractivity contribution in [3.8, 4) is 17.6 Å². The summed E-state index contributed by atoms with van der Waals surface area (Å²) in [6.45, 7) is 4.76. The summed E-state index contributed by atoms with van der Waals surface area (Å²) in [4.78, 5) is 43.1. The van der Waals surface area contributed by atoms with Crippen LogP contribution in [0.5, 0.6) is 11.5 Å². The number of Topliss-reactive ketones (excluding diaryl/α,β-unsaturated/α-hetero) is 2. The number of aryl methyl sites for hydroxylation is 1. The van der Waals surface area contributed by atoms with Gasteiger partial charge >= 0.3 is 0 Å². The summed E-state index contributed by atoms with van der Waals surface area (Å²) in [6.07, 6.45) is 0.716. The van der Waals surface area contributed by atoms with Gasteiger partial charge in [0.15, 0.2) is 29.8 Å². The number of nitrogens with one attached hydrogen (secondary N) is 1. The van der Waals surface area contributed by atoms with E-state index >= 15 is 0 Å². The minimum atomic E-state index is -0.787. The van der Waals surface area contributed by atoms with Crippen molar-refractivity contribution >= 4 is 17.5 Å². The van der Waals surface area contributed by atoms with E-state index in [1.54, 1.807) is 7.11 Å². The number of nitriles is 1. The number of aliphatic hydroxyl groups excluding tert-OH is 1. The lowest BCUT2D eigenvalue weighted by molar-refractivity contribution is -0.123. The molecule has 3 aliphatic heterocycles. The number of ether oxygens (including phenoxy) is 3. The van der Waals surface area contributed by atoms with Gasteiger partial charge in [-0.2, -0.15) is 5.26 Å². The van der Waals surface area contributed by atoms with Crippen LogP contribution in [0.15, 0.2) is 28.5 Å². The molecule has 1 saturated heterocycles. The Balaban J connectivity index is 1.75. The molecule has 40 heavy (non-hydrogen) atoms. The Hall–Kier alpha value is -3.72. The third-order valence-corrected chi connectivity index (χ3v) is 8.73. The smallest absolute Gasteiger partial charge is 0.225 e. The monoisotopic (exact) mass is 550 g/mol. The summed E-state index contributed by atoms with van der Waals surface area (Å²) in [6, 6.07) is 2.08. The Morgan fingerprint density at radius 1 is 1.18 bits per heavy atom. The molecule has 4 unspecified atom stereocenters. The predicted octanol–water partition coefficient (Wildman–Crippen LogP) is 1.65. The van der Waals surface area contributed by atoms with Crippen molar-refractivity contribution in [1.82, 2.24) is 15.1 Å². The van der Waals surface area contributed by atoms with Crippen molar-refractivity contribution in [3.63, 3.8) is 0 Å². The summed E-state index contributed by atoms with van der Waals surface area (Å²) in [5.41, 5.74) is 3.26. The van der Waals surface area contributed by atoms with Crippen LogP contribution in [0.2, 0.25) is 0 Å². The number of fused-ring (bicyclic) bond motifs is 6. The Bertz CT molecular complexity index is 1410. The molecule has 11 heteroatoms. The first-order valence-corrected chi connectivity index (χ1v) is 13.2.